The number of esters is 2. The molecule has 2 aromatic carbocycles. The molecule has 0 spiro atoms. The highest BCUT2D eigenvalue weighted by atomic mass is 16.8. The molecule has 2 saturated heterocycles. The van der Waals surface area contributed by atoms with Crippen LogP contribution in [0.3, 0.4) is 0 Å². The lowest BCUT2D eigenvalue weighted by Gasteiger charge is -2.55. The van der Waals surface area contributed by atoms with Crippen LogP contribution in [0.1, 0.15) is 70.8 Å². The van der Waals surface area contributed by atoms with E-state index in [-0.39, 0.29) is 23.1 Å². The minimum Gasteiger partial charge on any atom is -0.496 e. The predicted octanol–water partition coefficient (Wildman–Crippen LogP) is 4.76. The number of rotatable bonds is 4. The molecular weight excluding hydrogens is 556 g/mol. The number of ether oxygens (including phenoxy) is 7. The fraction of sp³-hybridized carbons (Fsp3) is 0.606. The number of fused-ring (bicyclic) bond motifs is 5. The number of carbonyl (C=O) groups excluding carboxylic acids is 3. The number of methoxy groups -OCH3 is 1. The molecule has 4 aliphatic rings. The molecule has 43 heavy (non-hydrogen) atoms. The van der Waals surface area contributed by atoms with Crippen LogP contribution in [0.4, 0.5) is 0 Å². The van der Waals surface area contributed by atoms with Crippen molar-refractivity contribution in [1.82, 2.24) is 0 Å². The van der Waals surface area contributed by atoms with Gasteiger partial charge in [-0.1, -0.05) is 32.0 Å². The van der Waals surface area contributed by atoms with E-state index >= 15 is 4.79 Å². The Morgan fingerprint density at radius 2 is 1.58 bits per heavy atom. The Balaban J connectivity index is 1.57. The van der Waals surface area contributed by atoms with Gasteiger partial charge in [0.2, 0.25) is 5.78 Å². The molecule has 0 bridgehead atoms. The Hall–Kier alpha value is -3.05. The van der Waals surface area contributed by atoms with Crippen LogP contribution >= 0.6 is 0 Å². The summed E-state index contributed by atoms with van der Waals surface area (Å²) in [6, 6.07) is 7.37. The third-order valence-corrected chi connectivity index (χ3v) is 9.26. The number of Topliss-reactive ketones (excluding diaryl/α,β-unsaturated/α-hetero) is 1. The van der Waals surface area contributed by atoms with E-state index in [4.69, 9.17) is 33.2 Å². The molecule has 0 aromatic heterocycles. The number of hydrogen-bond acceptors (Lipinski definition) is 10. The summed E-state index contributed by atoms with van der Waals surface area (Å²) in [5.74, 6) is -4.36. The molecule has 3 fully saturated rings. The first-order valence-electron chi connectivity index (χ1n) is 14.8. The first-order chi connectivity index (χ1) is 20.1. The Morgan fingerprint density at radius 1 is 0.930 bits per heavy atom. The van der Waals surface area contributed by atoms with Gasteiger partial charge < -0.3 is 33.2 Å². The van der Waals surface area contributed by atoms with Crippen LogP contribution in [0.25, 0.3) is 10.8 Å². The summed E-state index contributed by atoms with van der Waals surface area (Å²) in [6.45, 7) is 13.1. The molecule has 0 N–H and O–H groups in total. The number of hydrogen-bond donors (Lipinski definition) is 0. The van der Waals surface area contributed by atoms with Gasteiger partial charge >= 0.3 is 11.9 Å². The second-order valence-corrected chi connectivity index (χ2v) is 13.6. The molecule has 5 atom stereocenters. The lowest BCUT2D eigenvalue weighted by molar-refractivity contribution is -0.335. The zero-order valence-corrected chi connectivity index (χ0v) is 26.0. The fourth-order valence-electron chi connectivity index (χ4n) is 7.44. The number of ketones is 1. The van der Waals surface area contributed by atoms with E-state index in [0.29, 0.717) is 36.3 Å². The van der Waals surface area contributed by atoms with Crippen LogP contribution in [0.5, 0.6) is 11.5 Å². The summed E-state index contributed by atoms with van der Waals surface area (Å²) < 4.78 is 43.4. The zero-order valence-electron chi connectivity index (χ0n) is 26.0. The smallest absolute Gasteiger partial charge is 0.308 e. The van der Waals surface area contributed by atoms with Gasteiger partial charge in [0.05, 0.1) is 43.5 Å². The highest BCUT2D eigenvalue weighted by Crippen LogP contribution is 2.58. The van der Waals surface area contributed by atoms with Crippen LogP contribution in [0.2, 0.25) is 0 Å². The van der Waals surface area contributed by atoms with Gasteiger partial charge in [-0.15, -0.1) is 0 Å². The summed E-state index contributed by atoms with van der Waals surface area (Å²) in [6.07, 6.45) is -0.745. The van der Waals surface area contributed by atoms with Gasteiger partial charge in [-0.05, 0) is 44.2 Å². The maximum Gasteiger partial charge on any atom is 0.308 e. The minimum absolute atomic E-state index is 0.0660. The second-order valence-electron chi connectivity index (χ2n) is 13.6. The SMILES string of the molecule is COc1cccc2cc3c(c(OC(C)=O)c12)C(=O)[C@@]1(OC(C)=O)C[C@@H](C2(C)OCC(C)(C)CO2)[C@@H]2OC(C)(C)O[C@@H]2[C@H]1C3. The first-order valence-corrected chi connectivity index (χ1v) is 14.8. The molecule has 2 aromatic rings. The summed E-state index contributed by atoms with van der Waals surface area (Å²) >= 11 is 0. The quantitative estimate of drug-likeness (QED) is 0.361. The third kappa shape index (κ3) is 4.83. The average molecular weight is 597 g/mol. The number of carbonyl (C=O) groups is 3. The summed E-state index contributed by atoms with van der Waals surface area (Å²) in [4.78, 5) is 40.3. The first kappa shape index (κ1) is 30.0. The van der Waals surface area contributed by atoms with Gasteiger partial charge in [0.25, 0.3) is 0 Å². The van der Waals surface area contributed by atoms with E-state index in [9.17, 15) is 9.59 Å². The summed E-state index contributed by atoms with van der Waals surface area (Å²) in [5.41, 5.74) is -1.01. The van der Waals surface area contributed by atoms with Crippen LogP contribution in [0.15, 0.2) is 24.3 Å². The van der Waals surface area contributed by atoms with Crippen molar-refractivity contribution in [2.24, 2.45) is 17.3 Å². The normalized spacial score (nSPS) is 31.9. The van der Waals surface area contributed by atoms with E-state index < -0.39 is 58.9 Å². The van der Waals surface area contributed by atoms with Crippen molar-refractivity contribution in [2.75, 3.05) is 20.3 Å². The number of benzene rings is 2. The van der Waals surface area contributed by atoms with E-state index in [1.807, 2.05) is 39.0 Å². The largest absolute Gasteiger partial charge is 0.496 e. The highest BCUT2D eigenvalue weighted by molar-refractivity contribution is 6.13. The molecule has 0 amide bonds. The molecule has 2 heterocycles. The summed E-state index contributed by atoms with van der Waals surface area (Å²) in [5, 5.41) is 1.24. The van der Waals surface area contributed by atoms with Crippen LogP contribution in [-0.4, -0.2) is 67.4 Å². The monoisotopic (exact) mass is 596 g/mol. The molecule has 1 saturated carbocycles. The van der Waals surface area contributed by atoms with Crippen molar-refractivity contribution in [1.29, 1.82) is 0 Å². The molecule has 6 rings (SSSR count). The van der Waals surface area contributed by atoms with Gasteiger partial charge in [-0.3, -0.25) is 14.4 Å². The minimum atomic E-state index is -1.66. The van der Waals surface area contributed by atoms with Crippen LogP contribution in [0, 0.1) is 17.3 Å². The lowest BCUT2D eigenvalue weighted by atomic mass is 9.58. The Labute approximate surface area is 251 Å². The van der Waals surface area contributed by atoms with E-state index in [0.717, 1.165) is 5.39 Å². The lowest BCUT2D eigenvalue weighted by Crippen LogP contribution is -2.68. The molecule has 10 heteroatoms. The van der Waals surface area contributed by atoms with Crippen LogP contribution < -0.4 is 9.47 Å². The van der Waals surface area contributed by atoms with Crippen molar-refractivity contribution >= 4 is 28.5 Å². The molecule has 2 aliphatic carbocycles. The van der Waals surface area contributed by atoms with Gasteiger partial charge in [0.1, 0.15) is 5.75 Å². The average Bonchev–Trinajstić information content (AvgIpc) is 3.24. The molecular formula is C33H40O10. The van der Waals surface area contributed by atoms with Gasteiger partial charge in [-0.2, -0.15) is 0 Å². The highest BCUT2D eigenvalue weighted by Gasteiger charge is 2.69. The van der Waals surface area contributed by atoms with Crippen molar-refractivity contribution in [3.63, 3.8) is 0 Å². The molecule has 10 nitrogen and oxygen atoms in total. The maximum atomic E-state index is 15.1. The Bertz CT molecular complexity index is 1500. The molecule has 232 valence electrons. The maximum absolute atomic E-state index is 15.1. The van der Waals surface area contributed by atoms with Gasteiger partial charge in [-0.25, -0.2) is 0 Å². The fourth-order valence-corrected chi connectivity index (χ4v) is 7.44. The molecule has 0 radical (unpaired) electrons. The van der Waals surface area contributed by atoms with Crippen molar-refractivity contribution in [2.45, 2.75) is 90.7 Å². The zero-order chi connectivity index (χ0) is 31.1. The van der Waals surface area contributed by atoms with Crippen molar-refractivity contribution in [3.05, 3.63) is 35.4 Å². The second kappa shape index (κ2) is 9.99. The third-order valence-electron chi connectivity index (χ3n) is 9.26. The van der Waals surface area contributed by atoms with E-state index in [1.54, 1.807) is 6.07 Å². The van der Waals surface area contributed by atoms with Crippen LogP contribution in [-0.2, 0) is 39.7 Å². The molecule has 2 aliphatic heterocycles. The standard InChI is InChI=1S/C33H40O10/c1-17(34)40-28-24-19(10-9-11-23(24)37-8)12-20-13-21-26-27(43-31(5,6)42-26)22(32(7)38-15-30(3,4)16-39-32)14-33(21,41-18(2)35)29(36)25(20)28/h9-12,21-22,26-27H,13-16H2,1-8H3/t21-,22-,26-,27+,33-/m1/s1. The van der Waals surface area contributed by atoms with Crippen molar-refractivity contribution < 1.29 is 47.5 Å². The van der Waals surface area contributed by atoms with Crippen molar-refractivity contribution in [3.8, 4) is 11.5 Å². The van der Waals surface area contributed by atoms with Gasteiger partial charge in [0, 0.05) is 37.5 Å². The topological polar surface area (TPSA) is 116 Å². The molecule has 0 unspecified atom stereocenters. The van der Waals surface area contributed by atoms with E-state index in [1.165, 1.54) is 21.0 Å². The summed E-state index contributed by atoms with van der Waals surface area (Å²) in [7, 11) is 1.52. The van der Waals surface area contributed by atoms with E-state index in [2.05, 4.69) is 13.8 Å². The Morgan fingerprint density at radius 3 is 2.19 bits per heavy atom. The predicted molar refractivity (Wildman–Crippen MR) is 154 cm³/mol. The Kier molecular flexibility index (Phi) is 6.97. The van der Waals surface area contributed by atoms with Gasteiger partial charge in [0.15, 0.2) is 22.9 Å².